The number of carbonyl (C=O) groups excluding carboxylic acids is 1. The number of benzene rings is 2. The fourth-order valence-electron chi connectivity index (χ4n) is 3.19. The van der Waals surface area contributed by atoms with Crippen LogP contribution in [0.4, 0.5) is 0 Å². The van der Waals surface area contributed by atoms with E-state index in [1.54, 1.807) is 31.4 Å². The minimum atomic E-state index is -0.139. The molecule has 0 spiro atoms. The molecule has 0 unspecified atom stereocenters. The maximum atomic E-state index is 12.4. The molecule has 1 aliphatic heterocycles. The van der Waals surface area contributed by atoms with Gasteiger partial charge in [0.1, 0.15) is 18.2 Å². The van der Waals surface area contributed by atoms with Crippen molar-refractivity contribution in [2.24, 2.45) is 0 Å². The maximum absolute atomic E-state index is 12.4. The average Bonchev–Trinajstić information content (AvgIpc) is 3.04. The Labute approximate surface area is 155 Å². The van der Waals surface area contributed by atoms with Gasteiger partial charge in [0.05, 0.1) is 30.8 Å². The van der Waals surface area contributed by atoms with Crippen LogP contribution in [-0.2, 0) is 11.3 Å². The lowest BCUT2D eigenvalue weighted by atomic mass is 10.2. The molecular weight excluding hydrogens is 354 g/mol. The standard InChI is InChI=1S/C19H18ClN3O3/c1-25-15-6-7-17-16(8-15)22-18-11-26-10-14(23(17)18)9-21-19(24)12-2-4-13(20)5-3-12/h2-8,14H,9-11H2,1H3,(H,21,24)/t14-/m0/s1. The Hall–Kier alpha value is -2.57. The van der Waals surface area contributed by atoms with Crippen molar-refractivity contribution in [2.75, 3.05) is 20.3 Å². The maximum Gasteiger partial charge on any atom is 0.251 e. The predicted octanol–water partition coefficient (Wildman–Crippen LogP) is 3.20. The van der Waals surface area contributed by atoms with Crippen LogP contribution in [0.3, 0.4) is 0 Å². The van der Waals surface area contributed by atoms with Crippen LogP contribution in [0.1, 0.15) is 22.2 Å². The van der Waals surface area contributed by atoms with Crippen LogP contribution < -0.4 is 10.1 Å². The van der Waals surface area contributed by atoms with Crippen LogP contribution in [0.15, 0.2) is 42.5 Å². The molecule has 0 saturated carbocycles. The van der Waals surface area contributed by atoms with E-state index in [9.17, 15) is 4.79 Å². The molecule has 1 aliphatic rings. The van der Waals surface area contributed by atoms with E-state index in [4.69, 9.17) is 21.1 Å². The number of ether oxygens (including phenoxy) is 2. The molecule has 26 heavy (non-hydrogen) atoms. The Morgan fingerprint density at radius 2 is 2.15 bits per heavy atom. The number of rotatable bonds is 4. The van der Waals surface area contributed by atoms with E-state index in [0.29, 0.717) is 30.3 Å². The summed E-state index contributed by atoms with van der Waals surface area (Å²) < 4.78 is 13.1. The molecule has 1 atom stereocenters. The highest BCUT2D eigenvalue weighted by molar-refractivity contribution is 6.30. The van der Waals surface area contributed by atoms with E-state index in [1.807, 2.05) is 18.2 Å². The number of nitrogens with zero attached hydrogens (tertiary/aromatic N) is 2. The molecule has 0 aliphatic carbocycles. The second kappa shape index (κ2) is 6.97. The third kappa shape index (κ3) is 3.13. The lowest BCUT2D eigenvalue weighted by Crippen LogP contribution is -2.35. The van der Waals surface area contributed by atoms with Gasteiger partial charge in [-0.1, -0.05) is 11.6 Å². The third-order valence-corrected chi connectivity index (χ3v) is 4.73. The molecule has 0 radical (unpaired) electrons. The van der Waals surface area contributed by atoms with E-state index in [1.165, 1.54) is 0 Å². The van der Waals surface area contributed by atoms with Crippen molar-refractivity contribution < 1.29 is 14.3 Å². The summed E-state index contributed by atoms with van der Waals surface area (Å²) in [5.41, 5.74) is 2.44. The van der Waals surface area contributed by atoms with Crippen LogP contribution in [0.5, 0.6) is 5.75 Å². The van der Waals surface area contributed by atoms with E-state index >= 15 is 0 Å². The van der Waals surface area contributed by atoms with Crippen molar-refractivity contribution in [1.82, 2.24) is 14.9 Å². The zero-order valence-electron chi connectivity index (χ0n) is 14.2. The lowest BCUT2D eigenvalue weighted by molar-refractivity contribution is 0.0553. The summed E-state index contributed by atoms with van der Waals surface area (Å²) in [6, 6.07) is 12.6. The third-order valence-electron chi connectivity index (χ3n) is 4.48. The number of hydrogen-bond acceptors (Lipinski definition) is 4. The molecule has 6 nitrogen and oxygen atoms in total. The topological polar surface area (TPSA) is 65.4 Å². The lowest BCUT2D eigenvalue weighted by Gasteiger charge is -2.26. The Kier molecular flexibility index (Phi) is 4.53. The summed E-state index contributed by atoms with van der Waals surface area (Å²) in [6.45, 7) is 1.43. The highest BCUT2D eigenvalue weighted by Gasteiger charge is 2.24. The summed E-state index contributed by atoms with van der Waals surface area (Å²) in [7, 11) is 1.63. The van der Waals surface area contributed by atoms with Gasteiger partial charge < -0.3 is 19.4 Å². The number of halogens is 1. The minimum Gasteiger partial charge on any atom is -0.497 e. The van der Waals surface area contributed by atoms with Crippen molar-refractivity contribution in [3.8, 4) is 5.75 Å². The molecular formula is C19H18ClN3O3. The molecule has 7 heteroatoms. The fourth-order valence-corrected chi connectivity index (χ4v) is 3.32. The second-order valence-corrected chi connectivity index (χ2v) is 6.57. The van der Waals surface area contributed by atoms with Gasteiger partial charge in [0.2, 0.25) is 0 Å². The first-order chi connectivity index (χ1) is 12.7. The van der Waals surface area contributed by atoms with Gasteiger partial charge in [-0.05, 0) is 36.4 Å². The molecule has 2 heterocycles. The minimum absolute atomic E-state index is 0.0200. The summed E-state index contributed by atoms with van der Waals surface area (Å²) >= 11 is 5.87. The molecule has 0 saturated heterocycles. The van der Waals surface area contributed by atoms with Crippen molar-refractivity contribution in [1.29, 1.82) is 0 Å². The molecule has 134 valence electrons. The Morgan fingerprint density at radius 1 is 1.35 bits per heavy atom. The van der Waals surface area contributed by atoms with Crippen molar-refractivity contribution in [3.05, 3.63) is 58.9 Å². The summed E-state index contributed by atoms with van der Waals surface area (Å²) in [5, 5.41) is 3.57. The van der Waals surface area contributed by atoms with Gasteiger partial charge >= 0.3 is 0 Å². The fraction of sp³-hybridized carbons (Fsp3) is 0.263. The average molecular weight is 372 g/mol. The normalized spacial score (nSPS) is 16.3. The number of hydrogen-bond donors (Lipinski definition) is 1. The number of fused-ring (bicyclic) bond motifs is 3. The SMILES string of the molecule is COc1ccc2c(c1)nc1n2[C@@H](CNC(=O)c2ccc(Cl)cc2)COC1. The van der Waals surface area contributed by atoms with Crippen molar-refractivity contribution in [3.63, 3.8) is 0 Å². The van der Waals surface area contributed by atoms with Crippen molar-refractivity contribution in [2.45, 2.75) is 12.6 Å². The van der Waals surface area contributed by atoms with E-state index in [2.05, 4.69) is 14.9 Å². The molecule has 1 amide bonds. The van der Waals surface area contributed by atoms with Crippen LogP contribution in [-0.4, -0.2) is 35.7 Å². The van der Waals surface area contributed by atoms with Gasteiger partial charge in [0.25, 0.3) is 5.91 Å². The van der Waals surface area contributed by atoms with E-state index in [-0.39, 0.29) is 11.9 Å². The first-order valence-corrected chi connectivity index (χ1v) is 8.70. The molecule has 3 aromatic rings. The van der Waals surface area contributed by atoms with Gasteiger partial charge in [0, 0.05) is 23.2 Å². The first-order valence-electron chi connectivity index (χ1n) is 8.32. The Balaban J connectivity index is 1.56. The highest BCUT2D eigenvalue weighted by atomic mass is 35.5. The quantitative estimate of drug-likeness (QED) is 0.764. The summed E-state index contributed by atoms with van der Waals surface area (Å²) in [4.78, 5) is 17.0. The van der Waals surface area contributed by atoms with Gasteiger partial charge in [-0.25, -0.2) is 4.98 Å². The summed E-state index contributed by atoms with van der Waals surface area (Å²) in [5.74, 6) is 1.48. The first kappa shape index (κ1) is 16.9. The largest absolute Gasteiger partial charge is 0.497 e. The number of amides is 1. The number of carbonyl (C=O) groups is 1. The van der Waals surface area contributed by atoms with Crippen LogP contribution in [0.25, 0.3) is 11.0 Å². The number of methoxy groups -OCH3 is 1. The van der Waals surface area contributed by atoms with E-state index < -0.39 is 0 Å². The molecule has 1 aromatic heterocycles. The molecule has 4 rings (SSSR count). The number of imidazole rings is 1. The Bertz CT molecular complexity index is 953. The highest BCUT2D eigenvalue weighted by Crippen LogP contribution is 2.28. The van der Waals surface area contributed by atoms with Crippen LogP contribution in [0, 0.1) is 0 Å². The van der Waals surface area contributed by atoms with Crippen LogP contribution in [0.2, 0.25) is 5.02 Å². The monoisotopic (exact) mass is 371 g/mol. The molecule has 2 aromatic carbocycles. The predicted molar refractivity (Wildman–Crippen MR) is 98.8 cm³/mol. The zero-order valence-corrected chi connectivity index (χ0v) is 15.0. The van der Waals surface area contributed by atoms with Gasteiger partial charge in [0.15, 0.2) is 0 Å². The molecule has 0 bridgehead atoms. The van der Waals surface area contributed by atoms with Gasteiger partial charge in [-0.3, -0.25) is 4.79 Å². The van der Waals surface area contributed by atoms with Crippen LogP contribution >= 0.6 is 11.6 Å². The molecule has 0 fully saturated rings. The number of nitrogens with one attached hydrogen (secondary N) is 1. The number of aromatic nitrogens is 2. The smallest absolute Gasteiger partial charge is 0.251 e. The van der Waals surface area contributed by atoms with Gasteiger partial charge in [-0.2, -0.15) is 0 Å². The zero-order chi connectivity index (χ0) is 18.1. The molecule has 1 N–H and O–H groups in total. The van der Waals surface area contributed by atoms with Crippen molar-refractivity contribution >= 4 is 28.5 Å². The van der Waals surface area contributed by atoms with E-state index in [0.717, 1.165) is 22.6 Å². The second-order valence-electron chi connectivity index (χ2n) is 6.14. The van der Waals surface area contributed by atoms with Gasteiger partial charge in [-0.15, -0.1) is 0 Å². The summed E-state index contributed by atoms with van der Waals surface area (Å²) in [6.07, 6.45) is 0. The Morgan fingerprint density at radius 3 is 2.92 bits per heavy atom.